The molecule has 1 N–H and O–H groups in total. The molecule has 0 aromatic heterocycles. The van der Waals surface area contributed by atoms with Crippen LogP contribution in [0.2, 0.25) is 0 Å². The number of halogens is 1. The average Bonchev–Trinajstić information content (AvgIpc) is 3.16. The number of benzene rings is 2. The summed E-state index contributed by atoms with van der Waals surface area (Å²) in [5, 5.41) is 15.0. The molecule has 0 fully saturated rings. The third kappa shape index (κ3) is 4.36. The van der Waals surface area contributed by atoms with Crippen molar-refractivity contribution in [3.8, 4) is 5.75 Å². The molecular formula is C20H19BrN2O4. The summed E-state index contributed by atoms with van der Waals surface area (Å²) in [6.07, 6.45) is 2.39. The average molecular weight is 431 g/mol. The second-order valence-electron chi connectivity index (χ2n) is 6.14. The molecule has 0 bridgehead atoms. The van der Waals surface area contributed by atoms with Crippen molar-refractivity contribution in [2.24, 2.45) is 11.0 Å². The molecule has 1 aliphatic rings. The number of nitrogens with zero attached hydrogens (tertiary/aromatic N) is 2. The number of rotatable bonds is 7. The molecule has 1 aliphatic heterocycles. The molecule has 0 spiro atoms. The fourth-order valence-electron chi connectivity index (χ4n) is 2.87. The fourth-order valence-corrected chi connectivity index (χ4v) is 3.36. The van der Waals surface area contributed by atoms with E-state index in [0.29, 0.717) is 12.1 Å². The third-order valence-electron chi connectivity index (χ3n) is 4.29. The lowest BCUT2D eigenvalue weighted by atomic mass is 9.96. The van der Waals surface area contributed by atoms with E-state index in [1.54, 1.807) is 23.4 Å². The lowest BCUT2D eigenvalue weighted by molar-refractivity contribution is -0.139. The van der Waals surface area contributed by atoms with E-state index in [1.807, 2.05) is 37.3 Å². The van der Waals surface area contributed by atoms with Crippen molar-refractivity contribution in [2.75, 3.05) is 18.2 Å². The van der Waals surface area contributed by atoms with Crippen LogP contribution in [0.5, 0.6) is 5.75 Å². The van der Waals surface area contributed by atoms with Crippen molar-refractivity contribution in [2.45, 2.75) is 13.3 Å². The number of hydrogen-bond acceptors (Lipinski definition) is 5. The zero-order chi connectivity index (χ0) is 19.4. The van der Waals surface area contributed by atoms with Gasteiger partial charge in [-0.05, 0) is 52.2 Å². The smallest absolute Gasteiger partial charge is 0.341 e. The van der Waals surface area contributed by atoms with Gasteiger partial charge in [0.25, 0.3) is 0 Å². The van der Waals surface area contributed by atoms with Gasteiger partial charge in [-0.3, -0.25) is 9.80 Å². The molecule has 1 heterocycles. The molecule has 0 amide bonds. The monoisotopic (exact) mass is 430 g/mol. The van der Waals surface area contributed by atoms with Gasteiger partial charge in [-0.15, -0.1) is 0 Å². The lowest BCUT2D eigenvalue weighted by Crippen LogP contribution is -2.25. The first kappa shape index (κ1) is 19.1. The number of aliphatic carboxylic acids is 1. The quantitative estimate of drug-likeness (QED) is 0.676. The number of hydrazone groups is 1. The van der Waals surface area contributed by atoms with E-state index < -0.39 is 18.5 Å². The van der Waals surface area contributed by atoms with Crippen molar-refractivity contribution >= 4 is 39.6 Å². The Bertz CT molecular complexity index is 897. The first-order valence-electron chi connectivity index (χ1n) is 8.57. The van der Waals surface area contributed by atoms with Crippen molar-refractivity contribution in [1.82, 2.24) is 0 Å². The number of para-hydroxylation sites is 1. The van der Waals surface area contributed by atoms with Crippen molar-refractivity contribution in [3.05, 3.63) is 58.1 Å². The van der Waals surface area contributed by atoms with E-state index in [-0.39, 0.29) is 11.5 Å². The van der Waals surface area contributed by atoms with Crippen LogP contribution in [0.15, 0.2) is 52.0 Å². The molecule has 1 atom stereocenters. The Kier molecular flexibility index (Phi) is 5.91. The lowest BCUT2D eigenvalue weighted by Gasteiger charge is -2.18. The van der Waals surface area contributed by atoms with Gasteiger partial charge in [0.2, 0.25) is 0 Å². The van der Waals surface area contributed by atoms with Crippen molar-refractivity contribution < 1.29 is 19.4 Å². The van der Waals surface area contributed by atoms with Gasteiger partial charge in [-0.25, -0.2) is 4.79 Å². The molecular weight excluding hydrogens is 412 g/mol. The molecule has 2 aromatic rings. The normalized spacial score (nSPS) is 15.8. The number of hydrogen-bond donors (Lipinski definition) is 1. The van der Waals surface area contributed by atoms with E-state index in [9.17, 15) is 9.59 Å². The Morgan fingerprint density at radius 3 is 2.78 bits per heavy atom. The van der Waals surface area contributed by atoms with Crippen LogP contribution in [0.4, 0.5) is 5.69 Å². The Labute approximate surface area is 165 Å². The standard InChI is InChI=1S/C20H19BrN2O4/c1-2-13-7-8-18(27-12-19(24)25)15(9-13)20(26)14-10-22-23(11-14)17-6-4-3-5-16(17)21/h3-10,14H,2,11-12H2,1H3,(H,24,25). The molecule has 0 saturated heterocycles. The van der Waals surface area contributed by atoms with Gasteiger partial charge < -0.3 is 9.84 Å². The van der Waals surface area contributed by atoms with Crippen LogP contribution in [0.25, 0.3) is 0 Å². The van der Waals surface area contributed by atoms with Crippen LogP contribution in [-0.2, 0) is 11.2 Å². The first-order chi connectivity index (χ1) is 13.0. The molecule has 1 unspecified atom stereocenters. The number of aryl methyl sites for hydroxylation is 1. The maximum atomic E-state index is 13.1. The van der Waals surface area contributed by atoms with Gasteiger partial charge in [-0.1, -0.05) is 25.1 Å². The Balaban J connectivity index is 1.82. The number of ketones is 1. The minimum Gasteiger partial charge on any atom is -0.481 e. The van der Waals surface area contributed by atoms with Crippen LogP contribution >= 0.6 is 15.9 Å². The summed E-state index contributed by atoms with van der Waals surface area (Å²) in [5.74, 6) is -1.37. The zero-order valence-electron chi connectivity index (χ0n) is 14.8. The highest BCUT2D eigenvalue weighted by atomic mass is 79.9. The van der Waals surface area contributed by atoms with Crippen LogP contribution in [0, 0.1) is 5.92 Å². The van der Waals surface area contributed by atoms with Gasteiger partial charge in [0, 0.05) is 10.7 Å². The van der Waals surface area contributed by atoms with E-state index >= 15 is 0 Å². The van der Waals surface area contributed by atoms with Gasteiger partial charge in [0.1, 0.15) is 5.75 Å². The third-order valence-corrected chi connectivity index (χ3v) is 4.96. The molecule has 3 rings (SSSR count). The van der Waals surface area contributed by atoms with Gasteiger partial charge in [-0.2, -0.15) is 5.10 Å². The highest BCUT2D eigenvalue weighted by Crippen LogP contribution is 2.30. The Hall–Kier alpha value is -2.67. The topological polar surface area (TPSA) is 79.2 Å². The van der Waals surface area contributed by atoms with Crippen LogP contribution in [0.3, 0.4) is 0 Å². The SMILES string of the molecule is CCc1ccc(OCC(=O)O)c(C(=O)C2C=NN(c3ccccc3Br)C2)c1. The molecule has 7 heteroatoms. The number of carbonyl (C=O) groups excluding carboxylic acids is 1. The summed E-state index contributed by atoms with van der Waals surface area (Å²) >= 11 is 3.50. The van der Waals surface area contributed by atoms with Gasteiger partial charge in [0.15, 0.2) is 12.4 Å². The van der Waals surface area contributed by atoms with Crippen molar-refractivity contribution in [1.29, 1.82) is 0 Å². The van der Waals surface area contributed by atoms with E-state index in [4.69, 9.17) is 9.84 Å². The number of Topliss-reactive ketones (excluding diaryl/α,β-unsaturated/α-hetero) is 1. The van der Waals surface area contributed by atoms with E-state index in [0.717, 1.165) is 22.1 Å². The molecule has 140 valence electrons. The number of anilines is 1. The predicted molar refractivity (Wildman–Crippen MR) is 107 cm³/mol. The summed E-state index contributed by atoms with van der Waals surface area (Å²) in [5.41, 5.74) is 2.26. The van der Waals surface area contributed by atoms with Crippen molar-refractivity contribution in [3.63, 3.8) is 0 Å². The molecule has 0 saturated carbocycles. The maximum Gasteiger partial charge on any atom is 0.341 e. The zero-order valence-corrected chi connectivity index (χ0v) is 16.3. The van der Waals surface area contributed by atoms with E-state index in [1.165, 1.54) is 0 Å². The second kappa shape index (κ2) is 8.35. The van der Waals surface area contributed by atoms with Crippen LogP contribution in [-0.4, -0.2) is 36.2 Å². The second-order valence-corrected chi connectivity index (χ2v) is 6.99. The highest BCUT2D eigenvalue weighted by Gasteiger charge is 2.29. The Morgan fingerprint density at radius 2 is 2.07 bits per heavy atom. The number of carboxylic acids is 1. The minimum absolute atomic E-state index is 0.135. The Morgan fingerprint density at radius 1 is 1.30 bits per heavy atom. The molecule has 0 aliphatic carbocycles. The number of ether oxygens (including phenoxy) is 1. The summed E-state index contributed by atoms with van der Waals surface area (Å²) in [7, 11) is 0. The molecule has 0 radical (unpaired) electrons. The largest absolute Gasteiger partial charge is 0.481 e. The van der Waals surface area contributed by atoms with Gasteiger partial charge in [0.05, 0.1) is 23.7 Å². The highest BCUT2D eigenvalue weighted by molar-refractivity contribution is 9.10. The summed E-state index contributed by atoms with van der Waals surface area (Å²) < 4.78 is 6.22. The number of carbonyl (C=O) groups is 2. The summed E-state index contributed by atoms with van der Waals surface area (Å²) in [4.78, 5) is 23.9. The molecule has 27 heavy (non-hydrogen) atoms. The predicted octanol–water partition coefficient (Wildman–Crippen LogP) is 3.78. The minimum atomic E-state index is -1.09. The fraction of sp³-hybridized carbons (Fsp3) is 0.250. The first-order valence-corrected chi connectivity index (χ1v) is 9.36. The molecule has 6 nitrogen and oxygen atoms in total. The van der Waals surface area contributed by atoms with E-state index in [2.05, 4.69) is 21.0 Å². The summed E-state index contributed by atoms with van der Waals surface area (Å²) in [6.45, 7) is 1.91. The van der Waals surface area contributed by atoms with Crippen LogP contribution < -0.4 is 9.75 Å². The number of carboxylic acid groups (broad SMARTS) is 1. The molecule has 2 aromatic carbocycles. The summed E-state index contributed by atoms with van der Waals surface area (Å²) in [6, 6.07) is 12.9. The van der Waals surface area contributed by atoms with Crippen LogP contribution in [0.1, 0.15) is 22.8 Å². The maximum absolute atomic E-state index is 13.1. The van der Waals surface area contributed by atoms with Gasteiger partial charge >= 0.3 is 5.97 Å².